The van der Waals surface area contributed by atoms with E-state index in [0.29, 0.717) is 6.54 Å². The van der Waals surface area contributed by atoms with Crippen molar-refractivity contribution >= 4 is 17.3 Å². The number of aromatic nitrogens is 2. The highest BCUT2D eigenvalue weighted by Crippen LogP contribution is 2.20. The first-order valence-electron chi connectivity index (χ1n) is 8.39. The zero-order valence-electron chi connectivity index (χ0n) is 13.9. The van der Waals surface area contributed by atoms with Gasteiger partial charge in [-0.3, -0.25) is 19.6 Å². The third-order valence-electron chi connectivity index (χ3n) is 4.28. The molecule has 1 aromatic carbocycles. The number of amides is 1. The largest absolute Gasteiger partial charge is 0.372 e. The van der Waals surface area contributed by atoms with Crippen molar-refractivity contribution in [2.75, 3.05) is 18.0 Å². The van der Waals surface area contributed by atoms with Crippen LogP contribution in [-0.4, -0.2) is 33.7 Å². The maximum Gasteiger partial charge on any atom is 0.307 e. The summed E-state index contributed by atoms with van der Waals surface area (Å²) >= 11 is 0. The molecule has 0 bridgehead atoms. The van der Waals surface area contributed by atoms with Gasteiger partial charge in [0.05, 0.1) is 4.92 Å². The molecule has 0 radical (unpaired) electrons. The second-order valence-electron chi connectivity index (χ2n) is 6.14. The molecule has 1 N–H and O–H groups in total. The van der Waals surface area contributed by atoms with Crippen molar-refractivity contribution in [1.82, 2.24) is 15.1 Å². The van der Waals surface area contributed by atoms with Crippen molar-refractivity contribution in [3.05, 3.63) is 52.3 Å². The van der Waals surface area contributed by atoms with Crippen molar-refractivity contribution in [3.63, 3.8) is 0 Å². The van der Waals surface area contributed by atoms with Gasteiger partial charge in [-0.2, -0.15) is 5.10 Å². The molecule has 8 heteroatoms. The molecule has 0 aliphatic carbocycles. The van der Waals surface area contributed by atoms with E-state index in [2.05, 4.69) is 27.4 Å². The monoisotopic (exact) mass is 343 g/mol. The van der Waals surface area contributed by atoms with Crippen LogP contribution in [0.2, 0.25) is 0 Å². The molecule has 1 fully saturated rings. The highest BCUT2D eigenvalue weighted by Gasteiger charge is 2.12. The van der Waals surface area contributed by atoms with Crippen LogP contribution in [0.15, 0.2) is 36.7 Å². The van der Waals surface area contributed by atoms with E-state index in [1.807, 2.05) is 12.1 Å². The number of nitro groups is 1. The van der Waals surface area contributed by atoms with Gasteiger partial charge in [0.15, 0.2) is 0 Å². The zero-order valence-corrected chi connectivity index (χ0v) is 13.9. The number of carbonyl (C=O) groups excluding carboxylic acids is 1. The molecule has 1 aliphatic rings. The van der Waals surface area contributed by atoms with Gasteiger partial charge >= 0.3 is 5.69 Å². The molecule has 0 spiro atoms. The Morgan fingerprint density at radius 1 is 1.20 bits per heavy atom. The number of nitrogens with one attached hydrogen (secondary N) is 1. The van der Waals surface area contributed by atoms with E-state index in [1.165, 1.54) is 35.8 Å². The lowest BCUT2D eigenvalue weighted by Gasteiger charge is -2.28. The molecule has 2 heterocycles. The minimum atomic E-state index is -0.536. The maximum atomic E-state index is 11.9. The first kappa shape index (κ1) is 16.9. The summed E-state index contributed by atoms with van der Waals surface area (Å²) in [6.45, 7) is 2.58. The van der Waals surface area contributed by atoms with Gasteiger partial charge < -0.3 is 10.2 Å². The van der Waals surface area contributed by atoms with Crippen LogP contribution in [0.5, 0.6) is 0 Å². The fraction of sp³-hybridized carbons (Fsp3) is 0.412. The summed E-state index contributed by atoms with van der Waals surface area (Å²) in [7, 11) is 0. The van der Waals surface area contributed by atoms with E-state index < -0.39 is 4.92 Å². The normalized spacial score (nSPS) is 14.3. The second-order valence-corrected chi connectivity index (χ2v) is 6.14. The van der Waals surface area contributed by atoms with E-state index in [9.17, 15) is 14.9 Å². The van der Waals surface area contributed by atoms with Gasteiger partial charge in [-0.1, -0.05) is 12.1 Å². The van der Waals surface area contributed by atoms with Crippen LogP contribution in [-0.2, 0) is 17.9 Å². The molecule has 8 nitrogen and oxygen atoms in total. The van der Waals surface area contributed by atoms with Crippen LogP contribution in [0.25, 0.3) is 0 Å². The van der Waals surface area contributed by atoms with Crippen LogP contribution in [0.4, 0.5) is 11.4 Å². The number of nitrogens with zero attached hydrogens (tertiary/aromatic N) is 4. The van der Waals surface area contributed by atoms with Gasteiger partial charge in [-0.15, -0.1) is 0 Å². The molecule has 1 aliphatic heterocycles. The first-order chi connectivity index (χ1) is 12.1. The molecule has 1 aromatic heterocycles. The highest BCUT2D eigenvalue weighted by atomic mass is 16.6. The van der Waals surface area contributed by atoms with Gasteiger partial charge in [0.2, 0.25) is 5.91 Å². The summed E-state index contributed by atoms with van der Waals surface area (Å²) in [6.07, 6.45) is 6.16. The Hall–Kier alpha value is -2.90. The molecular formula is C17H21N5O3. The number of piperidine rings is 1. The van der Waals surface area contributed by atoms with Gasteiger partial charge in [-0.25, -0.2) is 0 Å². The SMILES string of the molecule is O=C(Cn1cc([N+](=O)[O-])cn1)NCc1ccc(N2CCCCC2)cc1. The third kappa shape index (κ3) is 4.56. The van der Waals surface area contributed by atoms with Gasteiger partial charge in [0.1, 0.15) is 18.9 Å². The number of hydrogen-bond donors (Lipinski definition) is 1. The Balaban J connectivity index is 1.48. The summed E-state index contributed by atoms with van der Waals surface area (Å²) in [4.78, 5) is 24.4. The third-order valence-corrected chi connectivity index (χ3v) is 4.28. The Kier molecular flexibility index (Phi) is 5.27. The van der Waals surface area contributed by atoms with Gasteiger partial charge in [0, 0.05) is 25.3 Å². The van der Waals surface area contributed by atoms with Crippen molar-refractivity contribution in [3.8, 4) is 0 Å². The molecule has 0 saturated carbocycles. The van der Waals surface area contributed by atoms with Gasteiger partial charge in [-0.05, 0) is 37.0 Å². The number of anilines is 1. The molecule has 2 aromatic rings. The summed E-state index contributed by atoms with van der Waals surface area (Å²) in [5, 5.41) is 17.2. The summed E-state index contributed by atoms with van der Waals surface area (Å²) in [5.41, 5.74) is 2.11. The predicted octanol–water partition coefficient (Wildman–Crippen LogP) is 2.10. The topological polar surface area (TPSA) is 93.3 Å². The Morgan fingerprint density at radius 3 is 2.56 bits per heavy atom. The van der Waals surface area contributed by atoms with Crippen LogP contribution in [0.1, 0.15) is 24.8 Å². The fourth-order valence-electron chi connectivity index (χ4n) is 2.91. The van der Waals surface area contributed by atoms with Crippen LogP contribution in [0, 0.1) is 10.1 Å². The molecule has 0 atom stereocenters. The number of rotatable bonds is 6. The molecule has 25 heavy (non-hydrogen) atoms. The molecule has 0 unspecified atom stereocenters. The van der Waals surface area contributed by atoms with Crippen LogP contribution >= 0.6 is 0 Å². The zero-order chi connectivity index (χ0) is 17.6. The highest BCUT2D eigenvalue weighted by molar-refractivity contribution is 5.75. The summed E-state index contributed by atoms with van der Waals surface area (Å²) in [5.74, 6) is -0.238. The Labute approximate surface area is 145 Å². The number of hydrogen-bond acceptors (Lipinski definition) is 5. The standard InChI is InChI=1S/C17H21N5O3/c23-17(13-21-12-16(11-19-21)22(24)25)18-10-14-4-6-15(7-5-14)20-8-2-1-3-9-20/h4-7,11-12H,1-3,8-10,13H2,(H,18,23). The number of carbonyl (C=O) groups is 1. The quantitative estimate of drug-likeness (QED) is 0.640. The van der Waals surface area contributed by atoms with E-state index in [4.69, 9.17) is 0 Å². The molecule has 1 saturated heterocycles. The molecular weight excluding hydrogens is 322 g/mol. The minimum absolute atomic E-state index is 0.0420. The second kappa shape index (κ2) is 7.78. The van der Waals surface area contributed by atoms with E-state index in [1.54, 1.807) is 0 Å². The Bertz CT molecular complexity index is 735. The minimum Gasteiger partial charge on any atom is -0.372 e. The summed E-state index contributed by atoms with van der Waals surface area (Å²) in [6, 6.07) is 8.21. The van der Waals surface area contributed by atoms with Crippen molar-refractivity contribution < 1.29 is 9.72 Å². The van der Waals surface area contributed by atoms with E-state index in [0.717, 1.165) is 24.8 Å². The van der Waals surface area contributed by atoms with Crippen molar-refractivity contribution in [1.29, 1.82) is 0 Å². The van der Waals surface area contributed by atoms with Crippen LogP contribution < -0.4 is 10.2 Å². The fourth-order valence-corrected chi connectivity index (χ4v) is 2.91. The molecule has 1 amide bonds. The maximum absolute atomic E-state index is 11.9. The number of benzene rings is 1. The van der Waals surface area contributed by atoms with Crippen molar-refractivity contribution in [2.24, 2.45) is 0 Å². The predicted molar refractivity (Wildman–Crippen MR) is 93.2 cm³/mol. The summed E-state index contributed by atoms with van der Waals surface area (Å²) < 4.78 is 1.26. The van der Waals surface area contributed by atoms with Crippen LogP contribution in [0.3, 0.4) is 0 Å². The lowest BCUT2D eigenvalue weighted by atomic mass is 10.1. The molecule has 132 valence electrons. The lowest BCUT2D eigenvalue weighted by molar-refractivity contribution is -0.385. The lowest BCUT2D eigenvalue weighted by Crippen LogP contribution is -2.29. The Morgan fingerprint density at radius 2 is 1.92 bits per heavy atom. The first-order valence-corrected chi connectivity index (χ1v) is 8.39. The van der Waals surface area contributed by atoms with E-state index in [-0.39, 0.29) is 18.1 Å². The van der Waals surface area contributed by atoms with E-state index >= 15 is 0 Å². The smallest absolute Gasteiger partial charge is 0.307 e. The molecule has 3 rings (SSSR count). The average molecular weight is 343 g/mol. The average Bonchev–Trinajstić information content (AvgIpc) is 3.10. The van der Waals surface area contributed by atoms with Gasteiger partial charge in [0.25, 0.3) is 0 Å². The van der Waals surface area contributed by atoms with Crippen molar-refractivity contribution in [2.45, 2.75) is 32.4 Å².